The molecule has 0 saturated carbocycles. The normalized spacial score (nSPS) is 25.0. The smallest absolute Gasteiger partial charge is 0.326 e. The molecule has 7 heteroatoms. The number of fused-ring (bicyclic) bond motifs is 2. The first-order chi connectivity index (χ1) is 13.7. The molecule has 2 N–H and O–H groups in total. The van der Waals surface area contributed by atoms with Crippen LogP contribution in [0.1, 0.15) is 16.8 Å². The summed E-state index contributed by atoms with van der Waals surface area (Å²) in [4.78, 5) is 28.7. The minimum atomic E-state index is -0.195. The van der Waals surface area contributed by atoms with E-state index in [0.717, 1.165) is 30.7 Å². The van der Waals surface area contributed by atoms with Crippen molar-refractivity contribution in [3.05, 3.63) is 65.7 Å². The van der Waals surface area contributed by atoms with Gasteiger partial charge in [-0.15, -0.1) is 0 Å². The van der Waals surface area contributed by atoms with Crippen molar-refractivity contribution < 1.29 is 14.3 Å². The van der Waals surface area contributed by atoms with Gasteiger partial charge in [-0.3, -0.25) is 9.69 Å². The summed E-state index contributed by atoms with van der Waals surface area (Å²) < 4.78 is 5.68. The van der Waals surface area contributed by atoms with Gasteiger partial charge in [-0.25, -0.2) is 4.79 Å². The number of carbonyl (C=O) groups is 2. The van der Waals surface area contributed by atoms with E-state index < -0.39 is 0 Å². The molecule has 1 aromatic rings. The number of amides is 3. The monoisotopic (exact) mass is 378 g/mol. The molecular formula is C21H22N4O3. The summed E-state index contributed by atoms with van der Waals surface area (Å²) in [5.74, 6) is 0.497. The van der Waals surface area contributed by atoms with Gasteiger partial charge in [0.1, 0.15) is 0 Å². The minimum Gasteiger partial charge on any atom is -0.376 e. The standard InChI is InChI=1S/C21H22N4O3/c26-20(24-11-16-6-8-28-19(16)13-24)14-1-3-18(4-2-14)23-21(27)25-10-15-5-7-22-9-17(15)12-25/h1-5,7,9-10,16,19,22H,6,8,11-13H2,(H,23,27). The van der Waals surface area contributed by atoms with Gasteiger partial charge in [0.25, 0.3) is 5.91 Å². The number of anilines is 1. The summed E-state index contributed by atoms with van der Waals surface area (Å²) >= 11 is 0. The third kappa shape index (κ3) is 3.07. The molecule has 2 atom stereocenters. The molecule has 28 heavy (non-hydrogen) atoms. The zero-order chi connectivity index (χ0) is 19.1. The molecule has 4 aliphatic heterocycles. The van der Waals surface area contributed by atoms with Crippen molar-refractivity contribution in [3.8, 4) is 0 Å². The first-order valence-corrected chi connectivity index (χ1v) is 9.60. The van der Waals surface area contributed by atoms with Crippen LogP contribution >= 0.6 is 0 Å². The number of dihydropyridines is 1. The average Bonchev–Trinajstić information content (AvgIpc) is 3.42. The van der Waals surface area contributed by atoms with Crippen molar-refractivity contribution in [1.29, 1.82) is 0 Å². The van der Waals surface area contributed by atoms with Gasteiger partial charge in [-0.05, 0) is 47.9 Å². The van der Waals surface area contributed by atoms with E-state index in [4.69, 9.17) is 4.74 Å². The van der Waals surface area contributed by atoms with E-state index in [2.05, 4.69) is 10.6 Å². The van der Waals surface area contributed by atoms with Crippen molar-refractivity contribution in [2.45, 2.75) is 12.5 Å². The second-order valence-corrected chi connectivity index (χ2v) is 7.56. The molecule has 4 heterocycles. The zero-order valence-electron chi connectivity index (χ0n) is 15.4. The highest BCUT2D eigenvalue weighted by molar-refractivity contribution is 5.96. The van der Waals surface area contributed by atoms with Crippen molar-refractivity contribution in [3.63, 3.8) is 0 Å². The van der Waals surface area contributed by atoms with Gasteiger partial charge in [0.2, 0.25) is 0 Å². The molecular weight excluding hydrogens is 356 g/mol. The Morgan fingerprint density at radius 1 is 1.18 bits per heavy atom. The molecule has 0 radical (unpaired) electrons. The third-order valence-corrected chi connectivity index (χ3v) is 5.76. The Morgan fingerprint density at radius 2 is 2.04 bits per heavy atom. The maximum atomic E-state index is 12.7. The minimum absolute atomic E-state index is 0.0236. The molecule has 3 amide bonds. The van der Waals surface area contributed by atoms with Crippen LogP contribution in [0, 0.1) is 5.92 Å². The number of hydrogen-bond acceptors (Lipinski definition) is 4. The van der Waals surface area contributed by atoms with Crippen LogP contribution in [0.15, 0.2) is 60.1 Å². The van der Waals surface area contributed by atoms with E-state index in [9.17, 15) is 9.59 Å². The quantitative estimate of drug-likeness (QED) is 0.828. The number of nitrogens with one attached hydrogen (secondary N) is 2. The number of hydrogen-bond donors (Lipinski definition) is 2. The molecule has 7 nitrogen and oxygen atoms in total. The number of ether oxygens (including phenoxy) is 1. The first-order valence-electron chi connectivity index (χ1n) is 9.60. The second-order valence-electron chi connectivity index (χ2n) is 7.56. The van der Waals surface area contributed by atoms with Crippen LogP contribution in [0.3, 0.4) is 0 Å². The molecule has 0 aliphatic carbocycles. The molecule has 0 bridgehead atoms. The third-order valence-electron chi connectivity index (χ3n) is 5.76. The molecule has 1 aromatic carbocycles. The Kier molecular flexibility index (Phi) is 4.16. The van der Waals surface area contributed by atoms with Crippen molar-refractivity contribution in [2.24, 2.45) is 5.92 Å². The Balaban J connectivity index is 1.21. The first kappa shape index (κ1) is 17.1. The molecule has 4 aliphatic rings. The predicted octanol–water partition coefficient (Wildman–Crippen LogP) is 2.28. The van der Waals surface area contributed by atoms with E-state index in [0.29, 0.717) is 30.3 Å². The Morgan fingerprint density at radius 3 is 2.82 bits per heavy atom. The molecule has 5 rings (SSSR count). The van der Waals surface area contributed by atoms with E-state index >= 15 is 0 Å². The van der Waals surface area contributed by atoms with Gasteiger partial charge in [0, 0.05) is 55.5 Å². The van der Waals surface area contributed by atoms with Gasteiger partial charge in [-0.2, -0.15) is 0 Å². The molecule has 144 valence electrons. The van der Waals surface area contributed by atoms with E-state index in [1.54, 1.807) is 29.2 Å². The molecule has 2 fully saturated rings. The van der Waals surface area contributed by atoms with Crippen molar-refractivity contribution in [1.82, 2.24) is 15.1 Å². The molecule has 2 saturated heterocycles. The van der Waals surface area contributed by atoms with Crippen LogP contribution in [-0.4, -0.2) is 54.1 Å². The van der Waals surface area contributed by atoms with E-state index in [1.807, 2.05) is 29.6 Å². The molecule has 2 unspecified atom stereocenters. The predicted molar refractivity (Wildman–Crippen MR) is 104 cm³/mol. The second kappa shape index (κ2) is 6.83. The topological polar surface area (TPSA) is 73.9 Å². The van der Waals surface area contributed by atoms with Crippen LogP contribution in [0.5, 0.6) is 0 Å². The van der Waals surface area contributed by atoms with Crippen molar-refractivity contribution in [2.75, 3.05) is 31.6 Å². The fourth-order valence-electron chi connectivity index (χ4n) is 4.19. The lowest BCUT2D eigenvalue weighted by Gasteiger charge is -2.18. The summed E-state index contributed by atoms with van der Waals surface area (Å²) in [5, 5.41) is 5.92. The number of benzene rings is 1. The molecule has 0 spiro atoms. The maximum Gasteiger partial charge on any atom is 0.326 e. The summed E-state index contributed by atoms with van der Waals surface area (Å²) in [6.45, 7) is 2.79. The van der Waals surface area contributed by atoms with Crippen LogP contribution in [0.2, 0.25) is 0 Å². The highest BCUT2D eigenvalue weighted by Crippen LogP contribution is 2.30. The van der Waals surface area contributed by atoms with Crippen LogP contribution in [0.25, 0.3) is 0 Å². The highest BCUT2D eigenvalue weighted by Gasteiger charge is 2.39. The number of urea groups is 1. The number of allylic oxidation sites excluding steroid dienone is 1. The highest BCUT2D eigenvalue weighted by atomic mass is 16.5. The van der Waals surface area contributed by atoms with E-state index in [-0.39, 0.29) is 18.0 Å². The number of carbonyl (C=O) groups excluding carboxylic acids is 2. The SMILES string of the molecule is O=C(Nc1ccc(C(=O)N2CC3CCOC3C2)cc1)N1C=C2C=CNC=C2C1. The van der Waals surface area contributed by atoms with Gasteiger partial charge in [-0.1, -0.05) is 0 Å². The fraction of sp³-hybridized carbons (Fsp3) is 0.333. The number of likely N-dealkylation sites (tertiary alicyclic amines) is 1. The Bertz CT molecular complexity index is 891. The van der Waals surface area contributed by atoms with Crippen LogP contribution in [0.4, 0.5) is 10.5 Å². The summed E-state index contributed by atoms with van der Waals surface area (Å²) in [6, 6.07) is 6.89. The fourth-order valence-corrected chi connectivity index (χ4v) is 4.19. The van der Waals surface area contributed by atoms with Gasteiger partial charge in [0.05, 0.1) is 12.6 Å². The number of rotatable bonds is 2. The lowest BCUT2D eigenvalue weighted by atomic mass is 10.1. The van der Waals surface area contributed by atoms with Crippen molar-refractivity contribution >= 4 is 17.6 Å². The summed E-state index contributed by atoms with van der Waals surface area (Å²) in [5.41, 5.74) is 3.42. The van der Waals surface area contributed by atoms with Gasteiger partial charge >= 0.3 is 6.03 Å². The summed E-state index contributed by atoms with van der Waals surface area (Å²) in [6.07, 6.45) is 8.75. The Labute approximate surface area is 163 Å². The lowest BCUT2D eigenvalue weighted by Crippen LogP contribution is -2.31. The van der Waals surface area contributed by atoms with Crippen LogP contribution in [-0.2, 0) is 4.74 Å². The maximum absolute atomic E-state index is 12.7. The Hall–Kier alpha value is -3.06. The average molecular weight is 378 g/mol. The lowest BCUT2D eigenvalue weighted by molar-refractivity contribution is 0.0696. The van der Waals surface area contributed by atoms with Gasteiger partial charge < -0.3 is 20.3 Å². The van der Waals surface area contributed by atoms with Crippen LogP contribution < -0.4 is 10.6 Å². The number of nitrogens with zero attached hydrogens (tertiary/aromatic N) is 2. The van der Waals surface area contributed by atoms with Gasteiger partial charge in [0.15, 0.2) is 0 Å². The largest absolute Gasteiger partial charge is 0.376 e. The zero-order valence-corrected chi connectivity index (χ0v) is 15.4. The molecule has 0 aromatic heterocycles. The summed E-state index contributed by atoms with van der Waals surface area (Å²) in [7, 11) is 0. The van der Waals surface area contributed by atoms with E-state index in [1.165, 1.54) is 0 Å².